The summed E-state index contributed by atoms with van der Waals surface area (Å²) in [7, 11) is 0. The van der Waals surface area contributed by atoms with Gasteiger partial charge in [-0.25, -0.2) is 4.98 Å². The lowest BCUT2D eigenvalue weighted by atomic mass is 10.2. The molecule has 0 aliphatic rings. The fourth-order valence-corrected chi connectivity index (χ4v) is 2.14. The molecule has 0 fully saturated rings. The molecule has 3 aromatic rings. The lowest BCUT2D eigenvalue weighted by Crippen LogP contribution is -1.98. The van der Waals surface area contributed by atoms with E-state index in [1.165, 1.54) is 0 Å². The van der Waals surface area contributed by atoms with Gasteiger partial charge in [-0.1, -0.05) is 11.6 Å². The molecule has 2 aromatic heterocycles. The third-order valence-corrected chi connectivity index (χ3v) is 3.06. The zero-order chi connectivity index (χ0) is 14.1. The van der Waals surface area contributed by atoms with Crippen molar-refractivity contribution in [3.63, 3.8) is 0 Å². The van der Waals surface area contributed by atoms with E-state index in [1.54, 1.807) is 31.3 Å². The fourth-order valence-electron chi connectivity index (χ4n) is 1.92. The summed E-state index contributed by atoms with van der Waals surface area (Å²) in [6.45, 7) is 1.75. The van der Waals surface area contributed by atoms with Crippen LogP contribution in [-0.2, 0) is 0 Å². The van der Waals surface area contributed by atoms with Crippen molar-refractivity contribution >= 4 is 28.3 Å². The number of rotatable bonds is 2. The molecule has 0 aliphatic carbocycles. The Hall–Kier alpha value is -2.40. The number of nitrogen functional groups attached to an aromatic ring is 1. The van der Waals surface area contributed by atoms with Crippen molar-refractivity contribution in [1.82, 2.24) is 15.0 Å². The Morgan fingerprint density at radius 3 is 2.85 bits per heavy atom. The van der Waals surface area contributed by atoms with Gasteiger partial charge in [0.25, 0.3) is 0 Å². The Morgan fingerprint density at radius 1 is 1.20 bits per heavy atom. The van der Waals surface area contributed by atoms with Crippen LogP contribution in [0.25, 0.3) is 10.9 Å². The third kappa shape index (κ3) is 2.35. The summed E-state index contributed by atoms with van der Waals surface area (Å²) in [6, 6.07) is 8.79. The van der Waals surface area contributed by atoms with Crippen molar-refractivity contribution < 1.29 is 4.74 Å². The number of hydrogen-bond acceptors (Lipinski definition) is 5. The second kappa shape index (κ2) is 4.94. The summed E-state index contributed by atoms with van der Waals surface area (Å²) in [4.78, 5) is 12.5. The summed E-state index contributed by atoms with van der Waals surface area (Å²) in [5.74, 6) is 1.86. The quantitative estimate of drug-likeness (QED) is 0.782. The van der Waals surface area contributed by atoms with Crippen LogP contribution in [0.4, 0.5) is 5.82 Å². The molecule has 0 saturated heterocycles. The van der Waals surface area contributed by atoms with Crippen molar-refractivity contribution in [3.8, 4) is 11.6 Å². The fraction of sp³-hybridized carbons (Fsp3) is 0.0714. The first-order valence-corrected chi connectivity index (χ1v) is 6.33. The highest BCUT2D eigenvalue weighted by Gasteiger charge is 2.09. The number of anilines is 1. The monoisotopic (exact) mass is 286 g/mol. The number of hydrogen-bond donors (Lipinski definition) is 1. The van der Waals surface area contributed by atoms with Gasteiger partial charge in [0.15, 0.2) is 5.75 Å². The number of ether oxygens (including phenoxy) is 1. The van der Waals surface area contributed by atoms with Crippen LogP contribution in [-0.4, -0.2) is 15.0 Å². The van der Waals surface area contributed by atoms with E-state index in [9.17, 15) is 0 Å². The van der Waals surface area contributed by atoms with Crippen LogP contribution < -0.4 is 10.5 Å². The van der Waals surface area contributed by atoms with Crippen molar-refractivity contribution in [3.05, 3.63) is 47.4 Å². The first-order chi connectivity index (χ1) is 9.63. The van der Waals surface area contributed by atoms with E-state index in [4.69, 9.17) is 22.1 Å². The SMILES string of the molecule is Cc1nc(N)cc(Oc2ccc(Cl)c3cccnc23)n1. The molecule has 2 N–H and O–H groups in total. The molecular formula is C14H11ClN4O. The van der Waals surface area contributed by atoms with Crippen LogP contribution in [0.5, 0.6) is 11.6 Å². The zero-order valence-electron chi connectivity index (χ0n) is 10.7. The third-order valence-electron chi connectivity index (χ3n) is 2.73. The molecular weight excluding hydrogens is 276 g/mol. The molecule has 0 spiro atoms. The molecule has 2 heterocycles. The molecule has 0 amide bonds. The average molecular weight is 287 g/mol. The van der Waals surface area contributed by atoms with Crippen molar-refractivity contribution in [2.75, 3.05) is 5.73 Å². The van der Waals surface area contributed by atoms with Gasteiger partial charge in [-0.15, -0.1) is 0 Å². The normalized spacial score (nSPS) is 10.7. The van der Waals surface area contributed by atoms with Gasteiger partial charge in [-0.2, -0.15) is 4.98 Å². The second-order valence-corrected chi connectivity index (χ2v) is 4.63. The zero-order valence-corrected chi connectivity index (χ0v) is 11.4. The van der Waals surface area contributed by atoms with Crippen LogP contribution in [0.15, 0.2) is 36.5 Å². The minimum absolute atomic E-state index is 0.360. The Kier molecular flexibility index (Phi) is 3.12. The lowest BCUT2D eigenvalue weighted by molar-refractivity contribution is 0.464. The molecule has 3 rings (SSSR count). The van der Waals surface area contributed by atoms with E-state index in [2.05, 4.69) is 15.0 Å². The van der Waals surface area contributed by atoms with E-state index in [-0.39, 0.29) is 0 Å². The minimum Gasteiger partial charge on any atom is -0.437 e. The molecule has 0 aliphatic heterocycles. The van der Waals surface area contributed by atoms with E-state index in [0.717, 1.165) is 5.39 Å². The summed E-state index contributed by atoms with van der Waals surface area (Å²) < 4.78 is 5.76. The van der Waals surface area contributed by atoms with Crippen LogP contribution >= 0.6 is 11.6 Å². The summed E-state index contributed by atoms with van der Waals surface area (Å²) in [5, 5.41) is 1.45. The molecule has 0 atom stereocenters. The maximum atomic E-state index is 6.14. The standard InChI is InChI=1S/C14H11ClN4O/c1-8-18-12(16)7-13(19-8)20-11-5-4-10(15)9-3-2-6-17-14(9)11/h2-7H,1H3,(H2,16,18,19). The lowest BCUT2D eigenvalue weighted by Gasteiger charge is -2.09. The van der Waals surface area contributed by atoms with Crippen LogP contribution in [0.2, 0.25) is 5.02 Å². The highest BCUT2D eigenvalue weighted by Crippen LogP contribution is 2.32. The van der Waals surface area contributed by atoms with E-state index in [0.29, 0.717) is 33.8 Å². The molecule has 1 aromatic carbocycles. The van der Waals surface area contributed by atoms with Gasteiger partial charge >= 0.3 is 0 Å². The Labute approximate surface area is 120 Å². The minimum atomic E-state index is 0.360. The van der Waals surface area contributed by atoms with Gasteiger partial charge in [0.1, 0.15) is 17.2 Å². The predicted octanol–water partition coefficient (Wildman–Crippen LogP) is 3.36. The van der Waals surface area contributed by atoms with Crippen molar-refractivity contribution in [1.29, 1.82) is 0 Å². The molecule has 0 radical (unpaired) electrons. The van der Waals surface area contributed by atoms with E-state index >= 15 is 0 Å². The van der Waals surface area contributed by atoms with Gasteiger partial charge in [-0.05, 0) is 31.2 Å². The number of fused-ring (bicyclic) bond motifs is 1. The highest BCUT2D eigenvalue weighted by molar-refractivity contribution is 6.35. The number of pyridine rings is 1. The molecule has 0 bridgehead atoms. The maximum absolute atomic E-state index is 6.14. The molecule has 0 unspecified atom stereocenters. The number of benzene rings is 1. The number of halogens is 1. The largest absolute Gasteiger partial charge is 0.437 e. The number of nitrogens with zero attached hydrogens (tertiary/aromatic N) is 3. The topological polar surface area (TPSA) is 73.9 Å². The molecule has 0 saturated carbocycles. The summed E-state index contributed by atoms with van der Waals surface area (Å²) >= 11 is 6.14. The molecule has 5 nitrogen and oxygen atoms in total. The van der Waals surface area contributed by atoms with E-state index in [1.807, 2.05) is 12.1 Å². The number of nitrogens with two attached hydrogens (primary N) is 1. The van der Waals surface area contributed by atoms with Crippen LogP contribution in [0, 0.1) is 6.92 Å². The van der Waals surface area contributed by atoms with E-state index < -0.39 is 0 Å². The first kappa shape index (κ1) is 12.6. The van der Waals surface area contributed by atoms with Crippen molar-refractivity contribution in [2.24, 2.45) is 0 Å². The van der Waals surface area contributed by atoms with Gasteiger partial charge in [0.2, 0.25) is 5.88 Å². The average Bonchev–Trinajstić information content (AvgIpc) is 2.41. The van der Waals surface area contributed by atoms with Gasteiger partial charge in [0.05, 0.1) is 5.02 Å². The molecule has 100 valence electrons. The van der Waals surface area contributed by atoms with Crippen LogP contribution in [0.3, 0.4) is 0 Å². The summed E-state index contributed by atoms with van der Waals surface area (Å²) in [5.41, 5.74) is 6.36. The van der Waals surface area contributed by atoms with Gasteiger partial charge in [0, 0.05) is 17.6 Å². The predicted molar refractivity (Wildman–Crippen MR) is 78.0 cm³/mol. The maximum Gasteiger partial charge on any atom is 0.224 e. The Morgan fingerprint density at radius 2 is 2.05 bits per heavy atom. The molecule has 6 heteroatoms. The number of aromatic nitrogens is 3. The second-order valence-electron chi connectivity index (χ2n) is 4.23. The Balaban J connectivity index is 2.09. The van der Waals surface area contributed by atoms with Gasteiger partial charge in [-0.3, -0.25) is 4.98 Å². The highest BCUT2D eigenvalue weighted by atomic mass is 35.5. The van der Waals surface area contributed by atoms with Gasteiger partial charge < -0.3 is 10.5 Å². The van der Waals surface area contributed by atoms with Crippen molar-refractivity contribution in [2.45, 2.75) is 6.92 Å². The Bertz CT molecular complexity index is 771. The van der Waals surface area contributed by atoms with Crippen LogP contribution in [0.1, 0.15) is 5.82 Å². The summed E-state index contributed by atoms with van der Waals surface area (Å²) in [6.07, 6.45) is 1.69. The first-order valence-electron chi connectivity index (χ1n) is 5.96. The smallest absolute Gasteiger partial charge is 0.224 e. The molecule has 20 heavy (non-hydrogen) atoms. The number of aryl methyl sites for hydroxylation is 1.